The van der Waals surface area contributed by atoms with Gasteiger partial charge in [0.2, 0.25) is 0 Å². The van der Waals surface area contributed by atoms with Crippen molar-refractivity contribution in [3.8, 4) is 0 Å². The lowest BCUT2D eigenvalue weighted by Crippen LogP contribution is -2.36. The molecule has 0 radical (unpaired) electrons. The lowest BCUT2D eigenvalue weighted by Gasteiger charge is -2.22. The van der Waals surface area contributed by atoms with Crippen LogP contribution in [0.2, 0.25) is 0 Å². The van der Waals surface area contributed by atoms with Crippen LogP contribution in [0.1, 0.15) is 11.3 Å². The second-order valence-electron chi connectivity index (χ2n) is 4.05. The molecule has 0 aliphatic carbocycles. The topological polar surface area (TPSA) is 15.3 Å². The van der Waals surface area contributed by atoms with E-state index in [1.165, 1.54) is 4.88 Å². The van der Waals surface area contributed by atoms with E-state index in [-0.39, 0.29) is 0 Å². The summed E-state index contributed by atoms with van der Waals surface area (Å²) in [4.78, 5) is 3.57. The molecule has 0 amide bonds. The fourth-order valence-corrected chi connectivity index (χ4v) is 2.90. The van der Waals surface area contributed by atoms with Gasteiger partial charge in [-0.05, 0) is 24.9 Å². The molecule has 2 atom stereocenters. The van der Waals surface area contributed by atoms with Gasteiger partial charge in [-0.1, -0.05) is 6.07 Å². The zero-order valence-electron chi connectivity index (χ0n) is 8.95. The minimum Gasteiger partial charge on any atom is -0.318 e. The van der Waals surface area contributed by atoms with E-state index in [0.29, 0.717) is 19.0 Å². The van der Waals surface area contributed by atoms with Crippen LogP contribution in [-0.4, -0.2) is 37.3 Å². The van der Waals surface area contributed by atoms with Gasteiger partial charge in [-0.3, -0.25) is 4.90 Å². The Kier molecular flexibility index (Phi) is 3.72. The second kappa shape index (κ2) is 5.05. The van der Waals surface area contributed by atoms with Gasteiger partial charge in [0, 0.05) is 30.6 Å². The van der Waals surface area contributed by atoms with E-state index in [2.05, 4.69) is 27.7 Å². The van der Waals surface area contributed by atoms with Gasteiger partial charge < -0.3 is 5.32 Å². The highest BCUT2D eigenvalue weighted by atomic mass is 32.1. The van der Waals surface area contributed by atoms with Crippen molar-refractivity contribution in [2.24, 2.45) is 0 Å². The molecule has 0 bridgehead atoms. The van der Waals surface area contributed by atoms with Crippen molar-refractivity contribution < 1.29 is 4.39 Å². The Balaban J connectivity index is 1.94. The van der Waals surface area contributed by atoms with Gasteiger partial charge in [0.05, 0.1) is 0 Å². The molecule has 0 unspecified atom stereocenters. The highest BCUT2D eigenvalue weighted by Crippen LogP contribution is 2.23. The minimum atomic E-state index is -0.650. The summed E-state index contributed by atoms with van der Waals surface area (Å²) >= 11 is 1.75. The molecule has 1 fully saturated rings. The average Bonchev–Trinajstić information content (AvgIpc) is 2.78. The number of hydrogen-bond acceptors (Lipinski definition) is 3. The van der Waals surface area contributed by atoms with Crippen molar-refractivity contribution in [3.63, 3.8) is 0 Å². The van der Waals surface area contributed by atoms with Crippen molar-refractivity contribution in [2.45, 2.75) is 25.2 Å². The molecule has 1 aromatic rings. The maximum atomic E-state index is 13.3. The Morgan fingerprint density at radius 1 is 1.67 bits per heavy atom. The standard InChI is InChI=1S/C11H17FN2S/c1-13-6-10-5-9(12)7-14(10)8-11-3-2-4-15-11/h2-4,9-10,13H,5-8H2,1H3/t9-,10-/m1/s1. The molecule has 84 valence electrons. The zero-order valence-corrected chi connectivity index (χ0v) is 9.77. The van der Waals surface area contributed by atoms with E-state index in [9.17, 15) is 4.39 Å². The molecule has 1 aromatic heterocycles. The number of likely N-dealkylation sites (tertiary alicyclic amines) is 1. The predicted molar refractivity (Wildman–Crippen MR) is 62.0 cm³/mol. The third-order valence-corrected chi connectivity index (χ3v) is 3.72. The fourth-order valence-electron chi connectivity index (χ4n) is 2.17. The number of likely N-dealkylation sites (N-methyl/N-ethyl adjacent to an activating group) is 1. The molecule has 0 saturated carbocycles. The Morgan fingerprint density at radius 2 is 2.53 bits per heavy atom. The summed E-state index contributed by atoms with van der Waals surface area (Å²) in [5, 5.41) is 5.21. The summed E-state index contributed by atoms with van der Waals surface area (Å²) in [5.74, 6) is 0. The second-order valence-corrected chi connectivity index (χ2v) is 5.09. The molecule has 15 heavy (non-hydrogen) atoms. The van der Waals surface area contributed by atoms with E-state index < -0.39 is 6.17 Å². The number of nitrogens with zero attached hydrogens (tertiary/aromatic N) is 1. The largest absolute Gasteiger partial charge is 0.318 e. The lowest BCUT2D eigenvalue weighted by atomic mass is 10.2. The van der Waals surface area contributed by atoms with E-state index in [4.69, 9.17) is 0 Å². The van der Waals surface area contributed by atoms with Gasteiger partial charge in [0.15, 0.2) is 0 Å². The van der Waals surface area contributed by atoms with Crippen LogP contribution < -0.4 is 5.32 Å². The fraction of sp³-hybridized carbons (Fsp3) is 0.636. The van der Waals surface area contributed by atoms with Crippen LogP contribution >= 0.6 is 11.3 Å². The molecule has 0 aromatic carbocycles. The quantitative estimate of drug-likeness (QED) is 0.846. The molecule has 0 spiro atoms. The summed E-state index contributed by atoms with van der Waals surface area (Å²) in [5.41, 5.74) is 0. The monoisotopic (exact) mass is 228 g/mol. The normalized spacial score (nSPS) is 27.3. The van der Waals surface area contributed by atoms with Crippen LogP contribution in [0.15, 0.2) is 17.5 Å². The number of nitrogens with one attached hydrogen (secondary N) is 1. The Morgan fingerprint density at radius 3 is 3.20 bits per heavy atom. The Hall–Kier alpha value is -0.450. The molecule has 1 aliphatic rings. The van der Waals surface area contributed by atoms with Crippen molar-refractivity contribution >= 4 is 11.3 Å². The summed E-state index contributed by atoms with van der Waals surface area (Å²) in [6, 6.07) is 4.52. The van der Waals surface area contributed by atoms with Crippen molar-refractivity contribution in [1.29, 1.82) is 0 Å². The van der Waals surface area contributed by atoms with E-state index in [0.717, 1.165) is 13.1 Å². The lowest BCUT2D eigenvalue weighted by molar-refractivity contribution is 0.234. The first-order valence-electron chi connectivity index (χ1n) is 5.34. The van der Waals surface area contributed by atoms with Crippen LogP contribution in [0, 0.1) is 0 Å². The molecule has 1 aliphatic heterocycles. The first-order chi connectivity index (χ1) is 7.29. The Bertz CT molecular complexity index is 289. The molecule has 2 nitrogen and oxygen atoms in total. The molecule has 1 saturated heterocycles. The number of halogens is 1. The summed E-state index contributed by atoms with van der Waals surface area (Å²) < 4.78 is 13.3. The van der Waals surface area contributed by atoms with Gasteiger partial charge in [0.1, 0.15) is 6.17 Å². The van der Waals surface area contributed by atoms with Crippen LogP contribution in [0.25, 0.3) is 0 Å². The van der Waals surface area contributed by atoms with Gasteiger partial charge in [0.25, 0.3) is 0 Å². The maximum Gasteiger partial charge on any atom is 0.114 e. The minimum absolute atomic E-state index is 0.354. The van der Waals surface area contributed by atoms with Crippen LogP contribution in [-0.2, 0) is 6.54 Å². The highest BCUT2D eigenvalue weighted by molar-refractivity contribution is 7.09. The van der Waals surface area contributed by atoms with Crippen molar-refractivity contribution in [3.05, 3.63) is 22.4 Å². The number of hydrogen-bond donors (Lipinski definition) is 1. The molecule has 1 N–H and O–H groups in total. The maximum absolute atomic E-state index is 13.3. The molecular weight excluding hydrogens is 211 g/mol. The van der Waals surface area contributed by atoms with Crippen LogP contribution in [0.3, 0.4) is 0 Å². The first-order valence-corrected chi connectivity index (χ1v) is 6.22. The smallest absolute Gasteiger partial charge is 0.114 e. The molecular formula is C11H17FN2S. The van der Waals surface area contributed by atoms with Gasteiger partial charge in [-0.2, -0.15) is 0 Å². The molecule has 2 heterocycles. The molecule has 4 heteroatoms. The summed E-state index contributed by atoms with van der Waals surface area (Å²) in [6.45, 7) is 2.36. The van der Waals surface area contributed by atoms with Crippen LogP contribution in [0.4, 0.5) is 4.39 Å². The van der Waals surface area contributed by atoms with Gasteiger partial charge in [-0.15, -0.1) is 11.3 Å². The van der Waals surface area contributed by atoms with Gasteiger partial charge in [-0.25, -0.2) is 4.39 Å². The molecule has 2 rings (SSSR count). The van der Waals surface area contributed by atoms with E-state index in [1.54, 1.807) is 11.3 Å². The predicted octanol–water partition coefficient (Wildman–Crippen LogP) is 1.88. The number of rotatable bonds is 4. The highest BCUT2D eigenvalue weighted by Gasteiger charge is 2.31. The third-order valence-electron chi connectivity index (χ3n) is 2.86. The van der Waals surface area contributed by atoms with Crippen LogP contribution in [0.5, 0.6) is 0 Å². The third kappa shape index (κ3) is 2.77. The summed E-state index contributed by atoms with van der Waals surface area (Å²) in [7, 11) is 1.93. The Labute approximate surface area is 94.1 Å². The van der Waals surface area contributed by atoms with E-state index in [1.807, 2.05) is 7.05 Å². The average molecular weight is 228 g/mol. The number of alkyl halides is 1. The first kappa shape index (κ1) is 11.0. The number of thiophene rings is 1. The SMILES string of the molecule is CNC[C@H]1C[C@@H](F)CN1Cc1cccs1. The summed E-state index contributed by atoms with van der Waals surface area (Å²) in [6.07, 6.45) is 0.0231. The van der Waals surface area contributed by atoms with Gasteiger partial charge >= 0.3 is 0 Å². The zero-order chi connectivity index (χ0) is 10.7. The van der Waals surface area contributed by atoms with E-state index >= 15 is 0 Å². The van der Waals surface area contributed by atoms with Crippen molar-refractivity contribution in [1.82, 2.24) is 10.2 Å². The van der Waals surface area contributed by atoms with Crippen molar-refractivity contribution in [2.75, 3.05) is 20.1 Å².